The molecule has 0 fully saturated rings. The fourth-order valence-electron chi connectivity index (χ4n) is 4.34. The zero-order valence-corrected chi connectivity index (χ0v) is 22.6. The van der Waals surface area contributed by atoms with Crippen LogP contribution in [-0.4, -0.2) is 19.6 Å². The maximum atomic E-state index is 14.3. The number of para-hydroxylation sites is 1. The van der Waals surface area contributed by atoms with Gasteiger partial charge in [-0.1, -0.05) is 36.4 Å². The molecular weight excluding hydrogens is 505 g/mol. The fourth-order valence-corrected chi connectivity index (χ4v) is 6.51. The van der Waals surface area contributed by atoms with Crippen molar-refractivity contribution in [2.45, 2.75) is 40.7 Å². The number of nitrogens with zero attached hydrogens (tertiary/aromatic N) is 3. The number of aromatic nitrogens is 3. The van der Waals surface area contributed by atoms with Gasteiger partial charge in [-0.2, -0.15) is 0 Å². The minimum atomic E-state index is -0.754. The summed E-state index contributed by atoms with van der Waals surface area (Å²) in [5, 5.41) is 11.4. The van der Waals surface area contributed by atoms with Crippen LogP contribution in [0.3, 0.4) is 0 Å². The fraction of sp³-hybridized carbons (Fsp3) is 0.207. The van der Waals surface area contributed by atoms with Gasteiger partial charge in [0, 0.05) is 26.7 Å². The molecule has 0 aliphatic carbocycles. The highest BCUT2D eigenvalue weighted by molar-refractivity contribution is 7.18. The third-order valence-electron chi connectivity index (χ3n) is 6.47. The van der Waals surface area contributed by atoms with Crippen LogP contribution in [0.5, 0.6) is 5.75 Å². The molecule has 8 heteroatoms. The lowest BCUT2D eigenvalue weighted by molar-refractivity contribution is 0.433. The standard InChI is InChI=1S/C29H26FN3O2S2/c1-16-18(3)37-28(32-16)22-15-24(36-19(22)4)25-17(2)31-27(21-11-8-12-23(30)26(21)34)33(29(25)35)14-13-20-9-6-5-7-10-20/h5-12,15,34H,13-14H2,1-4H3. The lowest BCUT2D eigenvalue weighted by atomic mass is 10.1. The second-order valence-electron chi connectivity index (χ2n) is 8.97. The minimum absolute atomic E-state index is 0.191. The zero-order chi connectivity index (χ0) is 26.3. The zero-order valence-electron chi connectivity index (χ0n) is 21.0. The highest BCUT2D eigenvalue weighted by Crippen LogP contribution is 2.39. The van der Waals surface area contributed by atoms with Crippen LogP contribution < -0.4 is 5.56 Å². The van der Waals surface area contributed by atoms with Gasteiger partial charge in [-0.15, -0.1) is 22.7 Å². The van der Waals surface area contributed by atoms with Crippen molar-refractivity contribution in [1.29, 1.82) is 0 Å². The van der Waals surface area contributed by atoms with E-state index in [2.05, 4.69) is 6.92 Å². The van der Waals surface area contributed by atoms with Crippen LogP contribution in [0.2, 0.25) is 0 Å². The van der Waals surface area contributed by atoms with E-state index in [9.17, 15) is 14.3 Å². The molecule has 3 heterocycles. The van der Waals surface area contributed by atoms with Crippen molar-refractivity contribution in [3.63, 3.8) is 0 Å². The van der Waals surface area contributed by atoms with E-state index >= 15 is 0 Å². The van der Waals surface area contributed by atoms with Gasteiger partial charge in [0.25, 0.3) is 5.56 Å². The van der Waals surface area contributed by atoms with Crippen molar-refractivity contribution in [2.75, 3.05) is 0 Å². The molecule has 5 rings (SSSR count). The van der Waals surface area contributed by atoms with Crippen molar-refractivity contribution < 1.29 is 9.50 Å². The molecule has 3 aromatic heterocycles. The average molecular weight is 532 g/mol. The van der Waals surface area contributed by atoms with E-state index in [-0.39, 0.29) is 16.9 Å². The first-order valence-electron chi connectivity index (χ1n) is 11.9. The molecule has 0 spiro atoms. The molecule has 1 N–H and O–H groups in total. The quantitative estimate of drug-likeness (QED) is 0.254. The molecular formula is C29H26FN3O2S2. The Morgan fingerprint density at radius 3 is 2.35 bits per heavy atom. The molecule has 0 saturated carbocycles. The molecule has 0 aliphatic rings. The number of thiazole rings is 1. The predicted molar refractivity (Wildman–Crippen MR) is 149 cm³/mol. The van der Waals surface area contributed by atoms with Crippen LogP contribution in [0.1, 0.15) is 26.7 Å². The summed E-state index contributed by atoms with van der Waals surface area (Å²) in [7, 11) is 0. The maximum Gasteiger partial charge on any atom is 0.262 e. The Kier molecular flexibility index (Phi) is 6.79. The van der Waals surface area contributed by atoms with Crippen molar-refractivity contribution in [1.82, 2.24) is 14.5 Å². The van der Waals surface area contributed by atoms with Gasteiger partial charge in [-0.3, -0.25) is 9.36 Å². The molecule has 0 aliphatic heterocycles. The van der Waals surface area contributed by atoms with Crippen LogP contribution in [0.15, 0.2) is 59.4 Å². The van der Waals surface area contributed by atoms with Gasteiger partial charge in [-0.25, -0.2) is 14.4 Å². The monoisotopic (exact) mass is 531 g/mol. The summed E-state index contributed by atoms with van der Waals surface area (Å²) < 4.78 is 15.8. The number of phenols is 1. The summed E-state index contributed by atoms with van der Waals surface area (Å²) >= 11 is 3.18. The lowest BCUT2D eigenvalue weighted by Crippen LogP contribution is -2.27. The summed E-state index contributed by atoms with van der Waals surface area (Å²) in [5.74, 6) is -1.02. The summed E-state index contributed by atoms with van der Waals surface area (Å²) in [6, 6.07) is 16.1. The van der Waals surface area contributed by atoms with E-state index in [1.807, 2.05) is 50.2 Å². The Labute approximate surface area is 222 Å². The number of benzene rings is 2. The molecule has 0 unspecified atom stereocenters. The van der Waals surface area contributed by atoms with Crippen molar-refractivity contribution in [3.05, 3.63) is 97.5 Å². The first kappa shape index (κ1) is 25.0. The largest absolute Gasteiger partial charge is 0.504 e. The molecule has 5 aromatic rings. The van der Waals surface area contributed by atoms with E-state index in [4.69, 9.17) is 9.97 Å². The number of hydrogen-bond donors (Lipinski definition) is 1. The molecule has 0 atom stereocenters. The number of phenolic OH excluding ortho intramolecular Hbond substituents is 1. The van der Waals surface area contributed by atoms with E-state index in [1.165, 1.54) is 17.0 Å². The van der Waals surface area contributed by atoms with E-state index in [1.54, 1.807) is 40.2 Å². The minimum Gasteiger partial charge on any atom is -0.504 e. The average Bonchev–Trinajstić information content (AvgIpc) is 3.41. The number of aryl methyl sites for hydroxylation is 5. The van der Waals surface area contributed by atoms with Crippen molar-refractivity contribution in [2.24, 2.45) is 0 Å². The second kappa shape index (κ2) is 10.0. The Hall–Kier alpha value is -3.62. The summed E-state index contributed by atoms with van der Waals surface area (Å²) in [4.78, 5) is 26.6. The molecule has 5 nitrogen and oxygen atoms in total. The Bertz CT molecular complexity index is 1650. The van der Waals surface area contributed by atoms with Gasteiger partial charge in [0.1, 0.15) is 10.8 Å². The number of aromatic hydroxyl groups is 1. The Morgan fingerprint density at radius 1 is 0.892 bits per heavy atom. The highest BCUT2D eigenvalue weighted by Gasteiger charge is 2.23. The predicted octanol–water partition coefficient (Wildman–Crippen LogP) is 7.08. The normalized spacial score (nSPS) is 11.3. The molecule has 0 amide bonds. The smallest absolute Gasteiger partial charge is 0.262 e. The Morgan fingerprint density at radius 2 is 1.65 bits per heavy atom. The first-order valence-corrected chi connectivity index (χ1v) is 13.6. The van der Waals surface area contributed by atoms with Crippen LogP contribution in [0.25, 0.3) is 32.4 Å². The van der Waals surface area contributed by atoms with Crippen LogP contribution in [-0.2, 0) is 13.0 Å². The van der Waals surface area contributed by atoms with E-state index < -0.39 is 11.6 Å². The summed E-state index contributed by atoms with van der Waals surface area (Å²) in [6.07, 6.45) is 0.584. The van der Waals surface area contributed by atoms with Gasteiger partial charge in [0.15, 0.2) is 11.6 Å². The topological polar surface area (TPSA) is 68.0 Å². The molecule has 188 valence electrons. The SMILES string of the molecule is Cc1nc(-c2cc(-c3c(C)nc(-c4cccc(F)c4O)n(CCc4ccccc4)c3=O)sc2C)sc1C. The molecule has 0 bridgehead atoms. The maximum absolute atomic E-state index is 14.3. The van der Waals surface area contributed by atoms with Crippen LogP contribution in [0, 0.1) is 33.5 Å². The molecule has 37 heavy (non-hydrogen) atoms. The highest BCUT2D eigenvalue weighted by atomic mass is 32.1. The third kappa shape index (κ3) is 4.74. The van der Waals surface area contributed by atoms with Crippen LogP contribution >= 0.6 is 22.7 Å². The van der Waals surface area contributed by atoms with Crippen molar-refractivity contribution in [3.8, 4) is 38.1 Å². The molecule has 2 aromatic carbocycles. The van der Waals surface area contributed by atoms with E-state index in [0.717, 1.165) is 31.6 Å². The summed E-state index contributed by atoms with van der Waals surface area (Å²) in [6.45, 7) is 8.20. The van der Waals surface area contributed by atoms with Crippen molar-refractivity contribution >= 4 is 22.7 Å². The number of halogens is 1. The Balaban J connectivity index is 1.67. The number of rotatable bonds is 6. The van der Waals surface area contributed by atoms with E-state index in [0.29, 0.717) is 24.2 Å². The van der Waals surface area contributed by atoms with Crippen LogP contribution in [0.4, 0.5) is 4.39 Å². The van der Waals surface area contributed by atoms with Gasteiger partial charge < -0.3 is 5.11 Å². The number of thiophene rings is 1. The summed E-state index contributed by atoms with van der Waals surface area (Å²) in [5.41, 5.74) is 4.10. The first-order chi connectivity index (χ1) is 17.7. The third-order valence-corrected chi connectivity index (χ3v) is 8.64. The second-order valence-corrected chi connectivity index (χ2v) is 11.4. The van der Waals surface area contributed by atoms with Gasteiger partial charge in [0.2, 0.25) is 0 Å². The van der Waals surface area contributed by atoms with Gasteiger partial charge >= 0.3 is 0 Å². The van der Waals surface area contributed by atoms with Gasteiger partial charge in [-0.05, 0) is 57.9 Å². The number of hydrogen-bond acceptors (Lipinski definition) is 6. The lowest BCUT2D eigenvalue weighted by Gasteiger charge is -2.16. The molecule has 0 saturated heterocycles. The molecule has 0 radical (unpaired) electrons. The van der Waals surface area contributed by atoms with Gasteiger partial charge in [0.05, 0.1) is 22.5 Å².